The first kappa shape index (κ1) is 12.5. The van der Waals surface area contributed by atoms with Gasteiger partial charge in [0, 0.05) is 6.54 Å². The first-order valence-corrected chi connectivity index (χ1v) is 6.02. The van der Waals surface area contributed by atoms with Crippen molar-refractivity contribution in [1.29, 1.82) is 0 Å². The summed E-state index contributed by atoms with van der Waals surface area (Å²) in [5.74, 6) is 0.390. The molecule has 0 saturated carbocycles. The zero-order chi connectivity index (χ0) is 12.4. The molecule has 1 saturated heterocycles. The first-order chi connectivity index (χ1) is 8.09. The Labute approximate surface area is 109 Å². The smallest absolute Gasteiger partial charge is 0.230 e. The monoisotopic (exact) mass is 274 g/mol. The van der Waals surface area contributed by atoms with Gasteiger partial charge in [0.15, 0.2) is 11.0 Å². The van der Waals surface area contributed by atoms with E-state index in [0.717, 1.165) is 6.54 Å². The molecule has 0 radical (unpaired) electrons. The summed E-state index contributed by atoms with van der Waals surface area (Å²) in [6.07, 6.45) is 1.26. The van der Waals surface area contributed by atoms with Crippen LogP contribution in [0.25, 0.3) is 0 Å². The number of hydrogen-bond donors (Lipinski definition) is 2. The van der Waals surface area contributed by atoms with Crippen LogP contribution < -0.4 is 10.6 Å². The maximum atomic E-state index is 12.0. The molecular formula is C10H12Cl2N4O. The minimum Gasteiger partial charge on any atom is -0.316 e. The molecule has 1 amide bonds. The molecule has 2 heterocycles. The van der Waals surface area contributed by atoms with E-state index in [-0.39, 0.29) is 27.8 Å². The molecule has 1 fully saturated rings. The summed E-state index contributed by atoms with van der Waals surface area (Å²) >= 11 is 11.6. The van der Waals surface area contributed by atoms with E-state index in [0.29, 0.717) is 12.5 Å². The second-order valence-corrected chi connectivity index (χ2v) is 4.79. The van der Waals surface area contributed by atoms with Crippen LogP contribution in [0.2, 0.25) is 10.2 Å². The molecule has 92 valence electrons. The van der Waals surface area contributed by atoms with Crippen molar-refractivity contribution < 1.29 is 4.79 Å². The summed E-state index contributed by atoms with van der Waals surface area (Å²) in [5.41, 5.74) is 0. The van der Waals surface area contributed by atoms with E-state index in [9.17, 15) is 4.79 Å². The predicted octanol–water partition coefficient (Wildman–Crippen LogP) is 1.58. The van der Waals surface area contributed by atoms with Gasteiger partial charge in [-0.1, -0.05) is 30.1 Å². The summed E-state index contributed by atoms with van der Waals surface area (Å²) in [7, 11) is 0. The lowest BCUT2D eigenvalue weighted by Crippen LogP contribution is -2.28. The topological polar surface area (TPSA) is 66.9 Å². The molecule has 2 N–H and O–H groups in total. The number of amides is 1. The fraction of sp³-hybridized carbons (Fsp3) is 0.500. The molecule has 0 bridgehead atoms. The third-order valence-electron chi connectivity index (χ3n) is 2.84. The number of nitrogens with zero attached hydrogens (tertiary/aromatic N) is 2. The third-order valence-corrected chi connectivity index (χ3v) is 3.58. The number of halogens is 2. The predicted molar refractivity (Wildman–Crippen MR) is 66.2 cm³/mol. The average Bonchev–Trinajstić information content (AvgIpc) is 2.71. The quantitative estimate of drug-likeness (QED) is 0.804. The molecule has 2 unspecified atom stereocenters. The van der Waals surface area contributed by atoms with Gasteiger partial charge in [-0.25, -0.2) is 9.97 Å². The molecule has 7 heteroatoms. The summed E-state index contributed by atoms with van der Waals surface area (Å²) in [4.78, 5) is 19.6. The van der Waals surface area contributed by atoms with Gasteiger partial charge in [0.2, 0.25) is 5.91 Å². The van der Waals surface area contributed by atoms with E-state index < -0.39 is 0 Å². The zero-order valence-electron chi connectivity index (χ0n) is 9.20. The Morgan fingerprint density at radius 3 is 2.88 bits per heavy atom. The molecule has 2 atom stereocenters. The van der Waals surface area contributed by atoms with E-state index in [2.05, 4.69) is 20.6 Å². The minimum atomic E-state index is -0.0980. The van der Waals surface area contributed by atoms with Crippen LogP contribution in [0.3, 0.4) is 0 Å². The number of nitrogens with one attached hydrogen (secondary N) is 2. The highest BCUT2D eigenvalue weighted by atomic mass is 35.5. The lowest BCUT2D eigenvalue weighted by Gasteiger charge is -2.14. The number of carbonyl (C=O) groups excluding carboxylic acids is 1. The Kier molecular flexibility index (Phi) is 3.81. The fourth-order valence-corrected chi connectivity index (χ4v) is 2.08. The number of rotatable bonds is 2. The van der Waals surface area contributed by atoms with Crippen LogP contribution >= 0.6 is 23.2 Å². The lowest BCUT2D eigenvalue weighted by molar-refractivity contribution is -0.120. The van der Waals surface area contributed by atoms with Gasteiger partial charge in [-0.2, -0.15) is 0 Å². The Morgan fingerprint density at radius 2 is 2.24 bits per heavy atom. The van der Waals surface area contributed by atoms with Crippen LogP contribution in [0.15, 0.2) is 6.33 Å². The SMILES string of the molecule is CC1CNCC1C(=O)Nc1ncnc(Cl)c1Cl. The molecular weight excluding hydrogens is 263 g/mol. The van der Waals surface area contributed by atoms with Crippen LogP contribution in [-0.2, 0) is 4.79 Å². The van der Waals surface area contributed by atoms with Crippen LogP contribution in [0.5, 0.6) is 0 Å². The van der Waals surface area contributed by atoms with Gasteiger partial charge >= 0.3 is 0 Å². The Balaban J connectivity index is 2.10. The summed E-state index contributed by atoms with van der Waals surface area (Å²) in [6.45, 7) is 3.54. The van der Waals surface area contributed by atoms with Crippen LogP contribution in [0.1, 0.15) is 6.92 Å². The molecule has 5 nitrogen and oxygen atoms in total. The van der Waals surface area contributed by atoms with Crippen molar-refractivity contribution in [2.75, 3.05) is 18.4 Å². The molecule has 17 heavy (non-hydrogen) atoms. The van der Waals surface area contributed by atoms with Gasteiger partial charge in [-0.15, -0.1) is 0 Å². The molecule has 0 aromatic carbocycles. The van der Waals surface area contributed by atoms with Gasteiger partial charge < -0.3 is 10.6 Å². The van der Waals surface area contributed by atoms with Crippen molar-refractivity contribution in [3.05, 3.63) is 16.5 Å². The van der Waals surface area contributed by atoms with Crippen molar-refractivity contribution in [2.24, 2.45) is 11.8 Å². The second-order valence-electron chi connectivity index (χ2n) is 4.06. The Hall–Kier alpha value is -0.910. The molecule has 1 aromatic rings. The van der Waals surface area contributed by atoms with Crippen LogP contribution in [0, 0.1) is 11.8 Å². The van der Waals surface area contributed by atoms with Crippen molar-refractivity contribution >= 4 is 34.9 Å². The Bertz CT molecular complexity index is 440. The standard InChI is InChI=1S/C10H12Cl2N4O/c1-5-2-13-3-6(5)10(17)16-9-7(11)8(12)14-4-15-9/h4-6,13H,2-3H2,1H3,(H,14,15,16,17). The van der Waals surface area contributed by atoms with Crippen LogP contribution in [0.4, 0.5) is 5.82 Å². The van der Waals surface area contributed by atoms with Gasteiger partial charge in [-0.05, 0) is 12.5 Å². The van der Waals surface area contributed by atoms with Gasteiger partial charge in [0.05, 0.1) is 5.92 Å². The molecule has 1 aliphatic rings. The highest BCUT2D eigenvalue weighted by Gasteiger charge is 2.30. The first-order valence-electron chi connectivity index (χ1n) is 5.27. The minimum absolute atomic E-state index is 0.0696. The third kappa shape index (κ3) is 2.68. The maximum Gasteiger partial charge on any atom is 0.230 e. The summed E-state index contributed by atoms with van der Waals surface area (Å²) < 4.78 is 0. The molecule has 2 rings (SSSR count). The highest BCUT2D eigenvalue weighted by Crippen LogP contribution is 2.26. The lowest BCUT2D eigenvalue weighted by atomic mass is 9.97. The highest BCUT2D eigenvalue weighted by molar-refractivity contribution is 6.42. The van der Waals surface area contributed by atoms with Gasteiger partial charge in [-0.3, -0.25) is 4.79 Å². The number of hydrogen-bond acceptors (Lipinski definition) is 4. The van der Waals surface area contributed by atoms with E-state index in [1.54, 1.807) is 0 Å². The zero-order valence-corrected chi connectivity index (χ0v) is 10.7. The maximum absolute atomic E-state index is 12.0. The Morgan fingerprint density at radius 1 is 1.47 bits per heavy atom. The van der Waals surface area contributed by atoms with Crippen molar-refractivity contribution in [3.8, 4) is 0 Å². The van der Waals surface area contributed by atoms with E-state index in [4.69, 9.17) is 23.2 Å². The normalized spacial score (nSPS) is 23.7. The molecule has 0 aliphatic carbocycles. The molecule has 1 aromatic heterocycles. The van der Waals surface area contributed by atoms with Gasteiger partial charge in [0.25, 0.3) is 0 Å². The van der Waals surface area contributed by atoms with Crippen LogP contribution in [-0.4, -0.2) is 29.0 Å². The van der Waals surface area contributed by atoms with E-state index >= 15 is 0 Å². The number of aromatic nitrogens is 2. The molecule has 1 aliphatic heterocycles. The largest absolute Gasteiger partial charge is 0.316 e. The van der Waals surface area contributed by atoms with E-state index in [1.165, 1.54) is 6.33 Å². The van der Waals surface area contributed by atoms with Crippen molar-refractivity contribution in [1.82, 2.24) is 15.3 Å². The summed E-state index contributed by atoms with van der Waals surface area (Å²) in [5, 5.41) is 6.14. The van der Waals surface area contributed by atoms with Crippen molar-refractivity contribution in [2.45, 2.75) is 6.92 Å². The average molecular weight is 275 g/mol. The fourth-order valence-electron chi connectivity index (χ4n) is 1.81. The van der Waals surface area contributed by atoms with Gasteiger partial charge in [0.1, 0.15) is 11.3 Å². The number of carbonyl (C=O) groups is 1. The second kappa shape index (κ2) is 5.16. The van der Waals surface area contributed by atoms with E-state index in [1.807, 2.05) is 6.92 Å². The van der Waals surface area contributed by atoms with Crippen molar-refractivity contribution in [3.63, 3.8) is 0 Å². The summed E-state index contributed by atoms with van der Waals surface area (Å²) in [6, 6.07) is 0. The molecule has 0 spiro atoms. The number of anilines is 1.